The lowest BCUT2D eigenvalue weighted by molar-refractivity contribution is 0.629. The number of aromatic nitrogens is 2. The quantitative estimate of drug-likeness (QED) is 0.201. The molecule has 5 aromatic carbocycles. The topological polar surface area (TPSA) is 9.86 Å². The number of hydrogen-bond acceptors (Lipinski definition) is 0. The molecule has 0 N–H and O–H groups in total. The number of para-hydroxylation sites is 4. The van der Waals surface area contributed by atoms with Gasteiger partial charge in [0.15, 0.2) is 0 Å². The molecule has 7 aromatic rings. The predicted molar refractivity (Wildman–Crippen MR) is 159 cm³/mol. The van der Waals surface area contributed by atoms with Crippen LogP contribution in [0.2, 0.25) is 0 Å². The monoisotopic (exact) mass is 488 g/mol. The zero-order chi connectivity index (χ0) is 25.6. The van der Waals surface area contributed by atoms with Crippen LogP contribution in [0.3, 0.4) is 0 Å². The molecule has 2 aromatic heterocycles. The summed E-state index contributed by atoms with van der Waals surface area (Å²) < 4.78 is 5.07. The molecule has 0 unspecified atom stereocenters. The predicted octanol–water partition coefficient (Wildman–Crippen LogP) is 9.16. The molecule has 2 nitrogen and oxygen atoms in total. The molecule has 0 aliphatic carbocycles. The van der Waals surface area contributed by atoms with Gasteiger partial charge in [0, 0.05) is 32.4 Å². The zero-order valence-electron chi connectivity index (χ0n) is 22.1. The third-order valence-electron chi connectivity index (χ3n) is 9.68. The Hall–Kier alpha value is -4.30. The maximum Gasteiger partial charge on any atom is 0.0582 e. The highest BCUT2D eigenvalue weighted by Crippen LogP contribution is 2.52. The second-order valence-electron chi connectivity index (χ2n) is 12.2. The second kappa shape index (κ2) is 6.39. The average molecular weight is 489 g/mol. The van der Waals surface area contributed by atoms with E-state index in [1.807, 2.05) is 0 Å². The van der Waals surface area contributed by atoms with Gasteiger partial charge in [0.05, 0.1) is 33.4 Å². The molecule has 0 fully saturated rings. The van der Waals surface area contributed by atoms with Crippen molar-refractivity contribution in [2.45, 2.75) is 38.5 Å². The highest BCUT2D eigenvalue weighted by atomic mass is 15.0. The van der Waals surface area contributed by atoms with Gasteiger partial charge in [-0.15, -0.1) is 0 Å². The summed E-state index contributed by atoms with van der Waals surface area (Å²) in [5.74, 6) is 0. The lowest BCUT2D eigenvalue weighted by atomic mass is 9.74. The standard InChI is InChI=1S/C36H28N2/c1-35(2)25-14-6-8-18-30(25)38-31-20-32-28(19-24(31)23-13-10-15-26(35)34(23)38)36(3,4)27-16-9-12-22-21-11-5-7-17-29(21)37(32)33(22)27/h5-20H,1-4H3. The van der Waals surface area contributed by atoms with Crippen molar-refractivity contribution < 1.29 is 0 Å². The van der Waals surface area contributed by atoms with Gasteiger partial charge in [-0.25, -0.2) is 0 Å². The van der Waals surface area contributed by atoms with Crippen LogP contribution in [-0.4, -0.2) is 9.13 Å². The van der Waals surface area contributed by atoms with Gasteiger partial charge in [-0.1, -0.05) is 100 Å². The van der Waals surface area contributed by atoms with Crippen LogP contribution < -0.4 is 0 Å². The van der Waals surface area contributed by atoms with Gasteiger partial charge in [0.2, 0.25) is 0 Å². The van der Waals surface area contributed by atoms with Crippen LogP contribution in [0.25, 0.3) is 55.0 Å². The number of hydrogen-bond donors (Lipinski definition) is 0. The highest BCUT2D eigenvalue weighted by molar-refractivity contribution is 6.15. The van der Waals surface area contributed by atoms with Crippen molar-refractivity contribution in [1.82, 2.24) is 9.13 Å². The first-order chi connectivity index (χ1) is 18.4. The Morgan fingerprint density at radius 2 is 0.974 bits per heavy atom. The SMILES string of the molecule is CC1(C)c2cc3c4cccc5c4n(c3cc2-n2c3ccccc3c3cccc1c32)-c1ccccc1C5(C)C. The van der Waals surface area contributed by atoms with E-state index >= 15 is 0 Å². The molecular formula is C36H28N2. The molecule has 0 amide bonds. The Labute approximate surface area is 221 Å². The molecule has 2 aliphatic heterocycles. The van der Waals surface area contributed by atoms with Gasteiger partial charge >= 0.3 is 0 Å². The molecule has 0 spiro atoms. The van der Waals surface area contributed by atoms with Crippen LogP contribution in [0.4, 0.5) is 0 Å². The fourth-order valence-electron chi connectivity index (χ4n) is 7.80. The zero-order valence-corrected chi connectivity index (χ0v) is 22.1. The molecule has 2 aliphatic rings. The van der Waals surface area contributed by atoms with Crippen LogP contribution in [0.5, 0.6) is 0 Å². The van der Waals surface area contributed by atoms with E-state index in [2.05, 4.69) is 134 Å². The van der Waals surface area contributed by atoms with Crippen LogP contribution in [0.15, 0.2) is 97.1 Å². The number of fused-ring (bicyclic) bond motifs is 10. The van der Waals surface area contributed by atoms with E-state index in [0.717, 1.165) is 0 Å². The van der Waals surface area contributed by atoms with E-state index in [1.165, 1.54) is 77.2 Å². The molecule has 0 radical (unpaired) electrons. The Kier molecular flexibility index (Phi) is 3.49. The number of rotatable bonds is 0. The van der Waals surface area contributed by atoms with Crippen molar-refractivity contribution in [3.8, 4) is 11.4 Å². The minimum atomic E-state index is -0.114. The molecular weight excluding hydrogens is 460 g/mol. The van der Waals surface area contributed by atoms with E-state index in [4.69, 9.17) is 0 Å². The van der Waals surface area contributed by atoms with Crippen molar-refractivity contribution >= 4 is 43.6 Å². The fraction of sp³-hybridized carbons (Fsp3) is 0.167. The summed E-state index contributed by atoms with van der Waals surface area (Å²) in [6.07, 6.45) is 0. The third-order valence-corrected chi connectivity index (χ3v) is 9.68. The molecule has 2 heteroatoms. The Bertz CT molecular complexity index is 2180. The van der Waals surface area contributed by atoms with Gasteiger partial charge in [-0.3, -0.25) is 0 Å². The third kappa shape index (κ3) is 2.16. The summed E-state index contributed by atoms with van der Waals surface area (Å²) in [5, 5.41) is 5.35. The average Bonchev–Trinajstić information content (AvgIpc) is 3.44. The van der Waals surface area contributed by atoms with Crippen molar-refractivity contribution in [3.63, 3.8) is 0 Å². The van der Waals surface area contributed by atoms with Crippen LogP contribution in [0.1, 0.15) is 49.9 Å². The molecule has 4 heterocycles. The molecule has 0 atom stereocenters. The first-order valence-corrected chi connectivity index (χ1v) is 13.6. The second-order valence-corrected chi connectivity index (χ2v) is 12.2. The first kappa shape index (κ1) is 20.7. The van der Waals surface area contributed by atoms with E-state index in [0.29, 0.717) is 0 Å². The fourth-order valence-corrected chi connectivity index (χ4v) is 7.80. The van der Waals surface area contributed by atoms with Gasteiger partial charge in [0.25, 0.3) is 0 Å². The molecule has 182 valence electrons. The summed E-state index contributed by atoms with van der Waals surface area (Å²) in [7, 11) is 0. The van der Waals surface area contributed by atoms with Crippen molar-refractivity contribution in [2.75, 3.05) is 0 Å². The Balaban J connectivity index is 1.53. The maximum atomic E-state index is 2.54. The van der Waals surface area contributed by atoms with Crippen LogP contribution in [-0.2, 0) is 10.8 Å². The minimum absolute atomic E-state index is 0.0571. The summed E-state index contributed by atoms with van der Waals surface area (Å²) in [6, 6.07) is 36.6. The van der Waals surface area contributed by atoms with E-state index in [9.17, 15) is 0 Å². The lowest BCUT2D eigenvalue weighted by Gasteiger charge is -2.35. The van der Waals surface area contributed by atoms with Crippen LogP contribution in [0, 0.1) is 0 Å². The summed E-state index contributed by atoms with van der Waals surface area (Å²) in [6.45, 7) is 9.54. The van der Waals surface area contributed by atoms with Crippen LogP contribution >= 0.6 is 0 Å². The van der Waals surface area contributed by atoms with Gasteiger partial charge in [-0.05, 0) is 46.5 Å². The largest absolute Gasteiger partial charge is 0.309 e. The molecule has 0 bridgehead atoms. The number of benzene rings is 5. The van der Waals surface area contributed by atoms with Crippen molar-refractivity contribution in [1.29, 1.82) is 0 Å². The van der Waals surface area contributed by atoms with Gasteiger partial charge in [-0.2, -0.15) is 0 Å². The van der Waals surface area contributed by atoms with E-state index in [1.54, 1.807) is 0 Å². The molecule has 38 heavy (non-hydrogen) atoms. The Morgan fingerprint density at radius 1 is 0.421 bits per heavy atom. The maximum absolute atomic E-state index is 2.54. The summed E-state index contributed by atoms with van der Waals surface area (Å²) >= 11 is 0. The number of nitrogens with zero attached hydrogens (tertiary/aromatic N) is 2. The molecule has 9 rings (SSSR count). The summed E-state index contributed by atoms with van der Waals surface area (Å²) in [5.41, 5.74) is 13.3. The Morgan fingerprint density at radius 3 is 1.74 bits per heavy atom. The van der Waals surface area contributed by atoms with Crippen molar-refractivity contribution in [3.05, 3.63) is 119 Å². The normalized spacial score (nSPS) is 16.3. The molecule has 0 saturated heterocycles. The minimum Gasteiger partial charge on any atom is -0.309 e. The smallest absolute Gasteiger partial charge is 0.0582 e. The first-order valence-electron chi connectivity index (χ1n) is 13.6. The van der Waals surface area contributed by atoms with Gasteiger partial charge in [0.1, 0.15) is 0 Å². The van der Waals surface area contributed by atoms with E-state index < -0.39 is 0 Å². The summed E-state index contributed by atoms with van der Waals surface area (Å²) in [4.78, 5) is 0. The lowest BCUT2D eigenvalue weighted by Crippen LogP contribution is -2.27. The van der Waals surface area contributed by atoms with E-state index in [-0.39, 0.29) is 10.8 Å². The highest BCUT2D eigenvalue weighted by Gasteiger charge is 2.38. The molecule has 0 saturated carbocycles. The van der Waals surface area contributed by atoms with Gasteiger partial charge < -0.3 is 9.13 Å². The van der Waals surface area contributed by atoms with Crippen molar-refractivity contribution in [2.24, 2.45) is 0 Å².